The van der Waals surface area contributed by atoms with Gasteiger partial charge in [-0.2, -0.15) is 0 Å². The predicted molar refractivity (Wildman–Crippen MR) is 91.9 cm³/mol. The molecule has 25 heavy (non-hydrogen) atoms. The highest BCUT2D eigenvalue weighted by molar-refractivity contribution is 5.87. The molecule has 2 N–H and O–H groups in total. The van der Waals surface area contributed by atoms with Crippen molar-refractivity contribution in [3.63, 3.8) is 0 Å². The second-order valence-electron chi connectivity index (χ2n) is 6.16. The van der Waals surface area contributed by atoms with Gasteiger partial charge in [-0.05, 0) is 30.5 Å². The van der Waals surface area contributed by atoms with E-state index in [2.05, 4.69) is 5.32 Å². The summed E-state index contributed by atoms with van der Waals surface area (Å²) < 4.78 is 10.4. The number of hydrogen-bond acceptors (Lipinski definition) is 5. The molecular weight excluding hydrogens is 326 g/mol. The number of benzene rings is 1. The second-order valence-corrected chi connectivity index (χ2v) is 6.16. The van der Waals surface area contributed by atoms with E-state index in [-0.39, 0.29) is 17.9 Å². The lowest BCUT2D eigenvalue weighted by atomic mass is 10.0. The lowest BCUT2D eigenvalue weighted by molar-refractivity contribution is -0.143. The summed E-state index contributed by atoms with van der Waals surface area (Å²) in [6.07, 6.45) is -0.243. The smallest absolute Gasteiger partial charge is 0.340 e. The first-order valence-corrected chi connectivity index (χ1v) is 7.87. The topological polar surface area (TPSA) is 106 Å². The van der Waals surface area contributed by atoms with Crippen LogP contribution < -0.4 is 15.7 Å². The number of fused-ring (bicyclic) bond motifs is 1. The van der Waals surface area contributed by atoms with E-state index >= 15 is 0 Å². The van der Waals surface area contributed by atoms with Crippen LogP contribution in [0.25, 0.3) is 11.0 Å². The van der Waals surface area contributed by atoms with E-state index in [1.807, 2.05) is 0 Å². The van der Waals surface area contributed by atoms with Crippen molar-refractivity contribution < 1.29 is 23.8 Å². The number of carboxylic acids is 1. The summed E-state index contributed by atoms with van der Waals surface area (Å²) in [5, 5.41) is 12.3. The largest absolute Gasteiger partial charge is 0.497 e. The molecule has 0 saturated heterocycles. The Labute approximate surface area is 144 Å². The third-order valence-corrected chi connectivity index (χ3v) is 4.08. The molecule has 1 atom stereocenters. The van der Waals surface area contributed by atoms with Crippen LogP contribution in [0, 0.1) is 12.8 Å². The molecule has 134 valence electrons. The SMILES string of the molecule is COc1ccc2c(C)c(CC(=O)N[C@H](C(=O)O)C(C)C)c(=O)oc2c1. The van der Waals surface area contributed by atoms with Crippen molar-refractivity contribution in [2.75, 3.05) is 7.11 Å². The Morgan fingerprint density at radius 1 is 1.32 bits per heavy atom. The van der Waals surface area contributed by atoms with E-state index in [9.17, 15) is 14.4 Å². The monoisotopic (exact) mass is 347 g/mol. The molecule has 0 aliphatic heterocycles. The number of aliphatic carboxylic acids is 1. The number of rotatable bonds is 6. The van der Waals surface area contributed by atoms with E-state index in [0.29, 0.717) is 22.3 Å². The Morgan fingerprint density at radius 2 is 2.00 bits per heavy atom. The standard InChI is InChI=1S/C18H21NO6/c1-9(2)16(17(21)22)19-15(20)8-13-10(3)12-6-5-11(24-4)7-14(12)25-18(13)23/h5-7,9,16H,8H2,1-4H3,(H,19,20)(H,21,22)/t16-/m0/s1. The first-order chi connectivity index (χ1) is 11.7. The maximum absolute atomic E-state index is 12.2. The van der Waals surface area contributed by atoms with Gasteiger partial charge in [0.2, 0.25) is 5.91 Å². The molecule has 2 rings (SSSR count). The summed E-state index contributed by atoms with van der Waals surface area (Å²) in [6, 6.07) is 4.08. The molecule has 0 aliphatic carbocycles. The number of aryl methyl sites for hydroxylation is 1. The third kappa shape index (κ3) is 3.99. The number of carbonyl (C=O) groups is 2. The van der Waals surface area contributed by atoms with Crippen LogP contribution in [-0.2, 0) is 16.0 Å². The molecule has 1 amide bonds. The van der Waals surface area contributed by atoms with Gasteiger partial charge in [0.25, 0.3) is 0 Å². The van der Waals surface area contributed by atoms with Crippen molar-refractivity contribution in [3.05, 3.63) is 39.7 Å². The third-order valence-electron chi connectivity index (χ3n) is 4.08. The highest BCUT2D eigenvalue weighted by Crippen LogP contribution is 2.24. The fourth-order valence-electron chi connectivity index (χ4n) is 2.60. The highest BCUT2D eigenvalue weighted by atomic mass is 16.5. The number of methoxy groups -OCH3 is 1. The quantitative estimate of drug-likeness (QED) is 0.773. The van der Waals surface area contributed by atoms with Crippen LogP contribution in [0.3, 0.4) is 0 Å². The summed E-state index contributed by atoms with van der Waals surface area (Å²) in [6.45, 7) is 5.12. The van der Waals surface area contributed by atoms with Crippen molar-refractivity contribution in [1.29, 1.82) is 0 Å². The molecule has 1 heterocycles. The van der Waals surface area contributed by atoms with Gasteiger partial charge in [-0.3, -0.25) is 4.79 Å². The number of ether oxygens (including phenoxy) is 1. The summed E-state index contributed by atoms with van der Waals surface area (Å²) in [7, 11) is 1.51. The van der Waals surface area contributed by atoms with Gasteiger partial charge in [0, 0.05) is 11.5 Å². The van der Waals surface area contributed by atoms with Crippen LogP contribution in [0.4, 0.5) is 0 Å². The highest BCUT2D eigenvalue weighted by Gasteiger charge is 2.24. The Bertz CT molecular complexity index is 868. The van der Waals surface area contributed by atoms with Crippen molar-refractivity contribution in [2.24, 2.45) is 5.92 Å². The minimum atomic E-state index is -1.11. The lowest BCUT2D eigenvalue weighted by Crippen LogP contribution is -2.45. The fraction of sp³-hybridized carbons (Fsp3) is 0.389. The summed E-state index contributed by atoms with van der Waals surface area (Å²) in [4.78, 5) is 35.6. The maximum atomic E-state index is 12.2. The van der Waals surface area contributed by atoms with Crippen LogP contribution in [0.2, 0.25) is 0 Å². The molecule has 0 spiro atoms. The van der Waals surface area contributed by atoms with Crippen LogP contribution in [0.15, 0.2) is 27.4 Å². The van der Waals surface area contributed by atoms with Crippen molar-refractivity contribution >= 4 is 22.8 Å². The first kappa shape index (κ1) is 18.5. The first-order valence-electron chi connectivity index (χ1n) is 7.87. The molecule has 1 aromatic heterocycles. The summed E-state index contributed by atoms with van der Waals surface area (Å²) in [5.74, 6) is -1.37. The van der Waals surface area contributed by atoms with Crippen molar-refractivity contribution in [1.82, 2.24) is 5.32 Å². The van der Waals surface area contributed by atoms with E-state index in [1.54, 1.807) is 39.0 Å². The molecule has 0 fully saturated rings. The number of carboxylic acid groups (broad SMARTS) is 1. The van der Waals surface area contributed by atoms with Gasteiger partial charge in [0.05, 0.1) is 19.1 Å². The molecular formula is C18H21NO6. The molecule has 1 aromatic carbocycles. The van der Waals surface area contributed by atoms with Gasteiger partial charge in [0.1, 0.15) is 17.4 Å². The molecule has 0 saturated carbocycles. The van der Waals surface area contributed by atoms with E-state index < -0.39 is 23.5 Å². The van der Waals surface area contributed by atoms with Crippen molar-refractivity contribution in [2.45, 2.75) is 33.2 Å². The van der Waals surface area contributed by atoms with Gasteiger partial charge in [0.15, 0.2) is 0 Å². The van der Waals surface area contributed by atoms with Gasteiger partial charge in [-0.25, -0.2) is 9.59 Å². The Hall–Kier alpha value is -2.83. The van der Waals surface area contributed by atoms with E-state index in [1.165, 1.54) is 7.11 Å². The van der Waals surface area contributed by atoms with Crippen LogP contribution in [0.1, 0.15) is 25.0 Å². The maximum Gasteiger partial charge on any atom is 0.340 e. The van der Waals surface area contributed by atoms with E-state index in [0.717, 1.165) is 0 Å². The van der Waals surface area contributed by atoms with Gasteiger partial charge in [-0.1, -0.05) is 13.8 Å². The van der Waals surface area contributed by atoms with Crippen LogP contribution >= 0.6 is 0 Å². The Balaban J connectivity index is 2.33. The van der Waals surface area contributed by atoms with Gasteiger partial charge in [-0.15, -0.1) is 0 Å². The average molecular weight is 347 g/mol. The zero-order chi connectivity index (χ0) is 18.7. The molecule has 7 nitrogen and oxygen atoms in total. The number of nitrogens with one attached hydrogen (secondary N) is 1. The van der Waals surface area contributed by atoms with Gasteiger partial charge >= 0.3 is 11.6 Å². The van der Waals surface area contributed by atoms with E-state index in [4.69, 9.17) is 14.3 Å². The van der Waals surface area contributed by atoms with Crippen LogP contribution in [0.5, 0.6) is 5.75 Å². The zero-order valence-corrected chi connectivity index (χ0v) is 14.6. The summed E-state index contributed by atoms with van der Waals surface area (Å²) in [5.41, 5.74) is 0.588. The van der Waals surface area contributed by atoms with Crippen LogP contribution in [-0.4, -0.2) is 30.1 Å². The average Bonchev–Trinajstić information content (AvgIpc) is 2.55. The molecule has 2 aromatic rings. The molecule has 7 heteroatoms. The predicted octanol–water partition coefficient (Wildman–Crippen LogP) is 1.88. The summed E-state index contributed by atoms with van der Waals surface area (Å²) >= 11 is 0. The second kappa shape index (κ2) is 7.38. The molecule has 0 unspecified atom stereocenters. The number of carbonyl (C=O) groups excluding carboxylic acids is 1. The Kier molecular flexibility index (Phi) is 5.46. The Morgan fingerprint density at radius 3 is 2.56 bits per heavy atom. The molecule has 0 radical (unpaired) electrons. The molecule has 0 bridgehead atoms. The molecule has 0 aliphatic rings. The minimum absolute atomic E-state index is 0.211. The number of amides is 1. The fourth-order valence-corrected chi connectivity index (χ4v) is 2.60. The lowest BCUT2D eigenvalue weighted by Gasteiger charge is -2.18. The zero-order valence-electron chi connectivity index (χ0n) is 14.6. The minimum Gasteiger partial charge on any atom is -0.497 e. The van der Waals surface area contributed by atoms with Crippen molar-refractivity contribution in [3.8, 4) is 5.75 Å². The number of hydrogen-bond donors (Lipinski definition) is 2. The van der Waals surface area contributed by atoms with Gasteiger partial charge < -0.3 is 19.6 Å². The normalized spacial score (nSPS) is 12.2.